The third-order valence-corrected chi connectivity index (χ3v) is 3.67. The van der Waals surface area contributed by atoms with Gasteiger partial charge in [0.2, 0.25) is 0 Å². The first-order valence-electron chi connectivity index (χ1n) is 7.31. The van der Waals surface area contributed by atoms with Crippen LogP contribution in [-0.4, -0.2) is 48.8 Å². The van der Waals surface area contributed by atoms with Gasteiger partial charge in [-0.3, -0.25) is 9.69 Å². The van der Waals surface area contributed by atoms with Crippen molar-refractivity contribution < 1.29 is 18.5 Å². The Morgan fingerprint density at radius 3 is 2.91 bits per heavy atom. The maximum atomic E-state index is 12.1. The number of rotatable bonds is 5. The molecule has 0 radical (unpaired) electrons. The minimum atomic E-state index is -0.248. The van der Waals surface area contributed by atoms with E-state index in [2.05, 4.69) is 15.4 Å². The summed E-state index contributed by atoms with van der Waals surface area (Å²) < 4.78 is 15.8. The van der Waals surface area contributed by atoms with Crippen LogP contribution in [0.15, 0.2) is 33.4 Å². The number of carbonyl (C=O) groups excluding carboxylic acids is 1. The normalized spacial score (nSPS) is 17.3. The number of amides is 1. The molecule has 1 amide bonds. The Balaban J connectivity index is 1.66. The van der Waals surface area contributed by atoms with E-state index >= 15 is 0 Å². The summed E-state index contributed by atoms with van der Waals surface area (Å²) >= 11 is 0. The van der Waals surface area contributed by atoms with Crippen molar-refractivity contribution in [2.45, 2.75) is 13.0 Å². The molecule has 0 aliphatic carbocycles. The largest absolute Gasteiger partial charge is 0.468 e. The van der Waals surface area contributed by atoms with Crippen LogP contribution in [0.2, 0.25) is 0 Å². The van der Waals surface area contributed by atoms with Gasteiger partial charge >= 0.3 is 0 Å². The lowest BCUT2D eigenvalue weighted by Gasteiger charge is -2.33. The molecule has 2 aromatic rings. The van der Waals surface area contributed by atoms with Gasteiger partial charge in [0, 0.05) is 25.7 Å². The van der Waals surface area contributed by atoms with Gasteiger partial charge in [-0.05, 0) is 19.1 Å². The Bertz CT molecular complexity index is 602. The van der Waals surface area contributed by atoms with E-state index in [1.165, 1.54) is 0 Å². The first kappa shape index (κ1) is 14.8. The quantitative estimate of drug-likeness (QED) is 0.899. The molecule has 1 atom stereocenters. The van der Waals surface area contributed by atoms with Gasteiger partial charge in [0.05, 0.1) is 25.5 Å². The summed E-state index contributed by atoms with van der Waals surface area (Å²) in [6.45, 7) is 5.19. The average molecular weight is 305 g/mol. The molecule has 3 heterocycles. The number of aromatic nitrogens is 1. The van der Waals surface area contributed by atoms with E-state index in [0.29, 0.717) is 25.5 Å². The molecule has 0 bridgehead atoms. The van der Waals surface area contributed by atoms with Crippen molar-refractivity contribution in [2.24, 2.45) is 0 Å². The van der Waals surface area contributed by atoms with Gasteiger partial charge in [-0.1, -0.05) is 5.16 Å². The number of nitrogens with zero attached hydrogens (tertiary/aromatic N) is 2. The Hall–Kier alpha value is -2.12. The number of morpholine rings is 1. The Morgan fingerprint density at radius 1 is 1.45 bits per heavy atom. The zero-order valence-electron chi connectivity index (χ0n) is 12.4. The fraction of sp³-hybridized carbons (Fsp3) is 0.467. The van der Waals surface area contributed by atoms with Crippen molar-refractivity contribution in [3.8, 4) is 0 Å². The zero-order valence-corrected chi connectivity index (χ0v) is 12.4. The Labute approximate surface area is 128 Å². The molecule has 1 aliphatic heterocycles. The van der Waals surface area contributed by atoms with E-state index in [1.807, 2.05) is 12.1 Å². The molecule has 0 saturated carbocycles. The highest BCUT2D eigenvalue weighted by Gasteiger charge is 2.25. The molecule has 22 heavy (non-hydrogen) atoms. The second-order valence-corrected chi connectivity index (χ2v) is 5.21. The topological polar surface area (TPSA) is 80.7 Å². The van der Waals surface area contributed by atoms with Gasteiger partial charge in [0.1, 0.15) is 11.5 Å². The van der Waals surface area contributed by atoms with E-state index in [4.69, 9.17) is 13.7 Å². The van der Waals surface area contributed by atoms with Crippen molar-refractivity contribution in [2.75, 3.05) is 32.8 Å². The van der Waals surface area contributed by atoms with Gasteiger partial charge in [0.25, 0.3) is 5.91 Å². The predicted octanol–water partition coefficient (Wildman–Crippen LogP) is 1.38. The minimum Gasteiger partial charge on any atom is -0.468 e. The summed E-state index contributed by atoms with van der Waals surface area (Å²) in [6, 6.07) is 5.38. The van der Waals surface area contributed by atoms with Gasteiger partial charge in [-0.2, -0.15) is 0 Å². The zero-order chi connectivity index (χ0) is 15.4. The standard InChI is InChI=1S/C15H19N3O4/c1-11-9-12(17-22-11)15(19)16-10-13(14-3-2-6-21-14)18-4-7-20-8-5-18/h2-3,6,9,13H,4-5,7-8,10H2,1H3,(H,16,19)/t13-/m0/s1. The van der Waals surface area contributed by atoms with E-state index in [9.17, 15) is 4.79 Å². The van der Waals surface area contributed by atoms with Crippen LogP contribution < -0.4 is 5.32 Å². The Morgan fingerprint density at radius 2 is 2.27 bits per heavy atom. The van der Waals surface area contributed by atoms with Crippen molar-refractivity contribution in [1.29, 1.82) is 0 Å². The summed E-state index contributed by atoms with van der Waals surface area (Å²) in [4.78, 5) is 14.4. The van der Waals surface area contributed by atoms with Crippen molar-refractivity contribution >= 4 is 5.91 Å². The van der Waals surface area contributed by atoms with Crippen LogP contribution in [0.25, 0.3) is 0 Å². The number of ether oxygens (including phenoxy) is 1. The van der Waals surface area contributed by atoms with Crippen molar-refractivity contribution in [3.05, 3.63) is 41.7 Å². The van der Waals surface area contributed by atoms with E-state index in [1.54, 1.807) is 19.3 Å². The molecule has 3 rings (SSSR count). The monoisotopic (exact) mass is 305 g/mol. The fourth-order valence-corrected chi connectivity index (χ4v) is 2.53. The molecule has 0 unspecified atom stereocenters. The van der Waals surface area contributed by atoms with Crippen LogP contribution in [0.3, 0.4) is 0 Å². The lowest BCUT2D eigenvalue weighted by molar-refractivity contribution is 0.0118. The summed E-state index contributed by atoms with van der Waals surface area (Å²) in [6.07, 6.45) is 1.64. The van der Waals surface area contributed by atoms with E-state index in [0.717, 1.165) is 18.8 Å². The smallest absolute Gasteiger partial charge is 0.273 e. The van der Waals surface area contributed by atoms with E-state index in [-0.39, 0.29) is 17.6 Å². The van der Waals surface area contributed by atoms with Gasteiger partial charge in [-0.25, -0.2) is 0 Å². The number of hydrogen-bond donors (Lipinski definition) is 1. The number of carbonyl (C=O) groups is 1. The molecule has 0 aromatic carbocycles. The maximum Gasteiger partial charge on any atom is 0.273 e. The molecule has 1 fully saturated rings. The first-order chi connectivity index (χ1) is 10.7. The summed E-state index contributed by atoms with van der Waals surface area (Å²) in [5.74, 6) is 1.20. The van der Waals surface area contributed by atoms with Crippen LogP contribution in [0.1, 0.15) is 28.1 Å². The molecule has 7 heteroatoms. The summed E-state index contributed by atoms with van der Waals surface area (Å²) in [5, 5.41) is 6.62. The third kappa shape index (κ3) is 3.37. The second-order valence-electron chi connectivity index (χ2n) is 5.21. The fourth-order valence-electron chi connectivity index (χ4n) is 2.53. The first-order valence-corrected chi connectivity index (χ1v) is 7.31. The molecular weight excluding hydrogens is 286 g/mol. The maximum absolute atomic E-state index is 12.1. The van der Waals surface area contributed by atoms with Crippen LogP contribution in [0, 0.1) is 6.92 Å². The number of nitrogens with one attached hydrogen (secondary N) is 1. The minimum absolute atomic E-state index is 0.0177. The second kappa shape index (κ2) is 6.76. The summed E-state index contributed by atoms with van der Waals surface area (Å²) in [7, 11) is 0. The van der Waals surface area contributed by atoms with Gasteiger partial charge in [0.15, 0.2) is 5.69 Å². The molecular formula is C15H19N3O4. The molecule has 118 valence electrons. The predicted molar refractivity (Wildman–Crippen MR) is 77.4 cm³/mol. The van der Waals surface area contributed by atoms with Gasteiger partial charge < -0.3 is 19.0 Å². The van der Waals surface area contributed by atoms with Crippen molar-refractivity contribution in [3.63, 3.8) is 0 Å². The lowest BCUT2D eigenvalue weighted by Crippen LogP contribution is -2.43. The SMILES string of the molecule is Cc1cc(C(=O)NC[C@@H](c2ccco2)N2CCOCC2)no1. The molecule has 0 spiro atoms. The van der Waals surface area contributed by atoms with Crippen LogP contribution >= 0.6 is 0 Å². The third-order valence-electron chi connectivity index (χ3n) is 3.67. The number of furan rings is 1. The van der Waals surface area contributed by atoms with E-state index < -0.39 is 0 Å². The highest BCUT2D eigenvalue weighted by Crippen LogP contribution is 2.21. The molecule has 1 N–H and O–H groups in total. The van der Waals surface area contributed by atoms with Gasteiger partial charge in [-0.15, -0.1) is 0 Å². The molecule has 1 saturated heterocycles. The lowest BCUT2D eigenvalue weighted by atomic mass is 10.1. The van der Waals surface area contributed by atoms with Crippen LogP contribution in [-0.2, 0) is 4.74 Å². The van der Waals surface area contributed by atoms with Crippen LogP contribution in [0.5, 0.6) is 0 Å². The molecule has 7 nitrogen and oxygen atoms in total. The number of hydrogen-bond acceptors (Lipinski definition) is 6. The van der Waals surface area contributed by atoms with Crippen molar-refractivity contribution in [1.82, 2.24) is 15.4 Å². The Kier molecular flexibility index (Phi) is 4.55. The molecule has 1 aliphatic rings. The highest BCUT2D eigenvalue weighted by atomic mass is 16.5. The highest BCUT2D eigenvalue weighted by molar-refractivity contribution is 5.92. The summed E-state index contributed by atoms with van der Waals surface area (Å²) in [5.41, 5.74) is 0.290. The van der Waals surface area contributed by atoms with Crippen LogP contribution in [0.4, 0.5) is 0 Å². The molecule has 2 aromatic heterocycles. The number of aryl methyl sites for hydroxylation is 1. The average Bonchev–Trinajstić information content (AvgIpc) is 3.20.